The molecular weight excluding hydrogens is 502 g/mol. The fraction of sp³-hybridized carbons (Fsp3) is 0.286. The molecule has 2 atom stereocenters. The summed E-state index contributed by atoms with van der Waals surface area (Å²) in [6.45, 7) is 3.46. The molecule has 0 aliphatic rings. The van der Waals surface area contributed by atoms with Crippen LogP contribution in [0.1, 0.15) is 31.4 Å². The molecule has 3 aromatic carbocycles. The second-order valence-electron chi connectivity index (χ2n) is 8.50. The first-order chi connectivity index (χ1) is 17.3. The molecule has 1 N–H and O–H groups in total. The number of para-hydroxylation sites is 1. The Balaban J connectivity index is 1.95. The van der Waals surface area contributed by atoms with E-state index in [1.807, 2.05) is 44.2 Å². The molecule has 0 aliphatic heterocycles. The smallest absolute Gasteiger partial charge is 0.261 e. The maximum Gasteiger partial charge on any atom is 0.261 e. The second-order valence-corrected chi connectivity index (χ2v) is 9.34. The van der Waals surface area contributed by atoms with Gasteiger partial charge in [-0.25, -0.2) is 4.39 Å². The van der Waals surface area contributed by atoms with E-state index in [9.17, 15) is 14.0 Å². The quantitative estimate of drug-likeness (QED) is 0.327. The van der Waals surface area contributed by atoms with Crippen LogP contribution in [0.3, 0.4) is 0 Å². The monoisotopic (exact) mass is 530 g/mol. The molecule has 0 bridgehead atoms. The van der Waals surface area contributed by atoms with Gasteiger partial charge in [0.05, 0.1) is 0 Å². The van der Waals surface area contributed by atoms with Crippen LogP contribution in [-0.4, -0.2) is 35.4 Å². The van der Waals surface area contributed by atoms with E-state index in [1.165, 1.54) is 23.1 Å². The zero-order valence-corrected chi connectivity index (χ0v) is 21.7. The van der Waals surface area contributed by atoms with Gasteiger partial charge in [0.2, 0.25) is 5.91 Å². The van der Waals surface area contributed by atoms with Crippen molar-refractivity contribution in [2.75, 3.05) is 6.61 Å². The summed E-state index contributed by atoms with van der Waals surface area (Å²) in [6, 6.07) is 19.3. The van der Waals surface area contributed by atoms with E-state index in [1.54, 1.807) is 24.3 Å². The van der Waals surface area contributed by atoms with Crippen molar-refractivity contribution in [1.82, 2.24) is 10.2 Å². The molecule has 8 heteroatoms. The third kappa shape index (κ3) is 7.70. The van der Waals surface area contributed by atoms with Gasteiger partial charge in [0.15, 0.2) is 18.2 Å². The molecule has 0 spiro atoms. The molecule has 0 aromatic heterocycles. The van der Waals surface area contributed by atoms with Gasteiger partial charge in [0.25, 0.3) is 5.91 Å². The Morgan fingerprint density at radius 3 is 2.39 bits per heavy atom. The van der Waals surface area contributed by atoms with Crippen LogP contribution in [0, 0.1) is 5.82 Å². The Bertz CT molecular complexity index is 1180. The lowest BCUT2D eigenvalue weighted by molar-refractivity contribution is -0.143. The van der Waals surface area contributed by atoms with Crippen molar-refractivity contribution in [2.45, 2.75) is 45.3 Å². The zero-order valence-electron chi connectivity index (χ0n) is 20.2. The topological polar surface area (TPSA) is 58.6 Å². The van der Waals surface area contributed by atoms with Gasteiger partial charge in [-0.05, 0) is 48.7 Å². The van der Waals surface area contributed by atoms with Gasteiger partial charge in [-0.3, -0.25) is 9.59 Å². The van der Waals surface area contributed by atoms with Crippen LogP contribution in [-0.2, 0) is 22.6 Å². The van der Waals surface area contributed by atoms with Gasteiger partial charge in [0.1, 0.15) is 6.04 Å². The number of rotatable bonds is 11. The maximum atomic E-state index is 14.1. The number of benzene rings is 3. The van der Waals surface area contributed by atoms with Crippen molar-refractivity contribution >= 4 is 35.0 Å². The fourth-order valence-electron chi connectivity index (χ4n) is 3.61. The summed E-state index contributed by atoms with van der Waals surface area (Å²) in [4.78, 5) is 28.4. The molecule has 2 amide bonds. The lowest BCUT2D eigenvalue weighted by Crippen LogP contribution is -2.53. The van der Waals surface area contributed by atoms with Crippen LogP contribution in [0.25, 0.3) is 0 Å². The molecule has 190 valence electrons. The molecule has 0 radical (unpaired) electrons. The van der Waals surface area contributed by atoms with Gasteiger partial charge < -0.3 is 15.0 Å². The Kier molecular flexibility index (Phi) is 10.1. The molecular formula is C28H29Cl2FN2O3. The average molecular weight is 531 g/mol. The van der Waals surface area contributed by atoms with E-state index in [0.717, 1.165) is 12.0 Å². The highest BCUT2D eigenvalue weighted by Crippen LogP contribution is 2.24. The van der Waals surface area contributed by atoms with Gasteiger partial charge in [-0.15, -0.1) is 0 Å². The van der Waals surface area contributed by atoms with E-state index in [0.29, 0.717) is 15.6 Å². The van der Waals surface area contributed by atoms with Crippen LogP contribution < -0.4 is 10.1 Å². The minimum Gasteiger partial charge on any atom is -0.481 e. The lowest BCUT2D eigenvalue weighted by Gasteiger charge is -2.32. The number of hydrogen-bond acceptors (Lipinski definition) is 3. The molecule has 0 aliphatic carbocycles. The van der Waals surface area contributed by atoms with Crippen molar-refractivity contribution in [3.05, 3.63) is 99.8 Å². The summed E-state index contributed by atoms with van der Waals surface area (Å²) in [6.07, 6.45) is 1.01. The summed E-state index contributed by atoms with van der Waals surface area (Å²) in [7, 11) is 0. The normalized spacial score (nSPS) is 12.5. The summed E-state index contributed by atoms with van der Waals surface area (Å²) in [5, 5.41) is 3.82. The number of carbonyl (C=O) groups excluding carboxylic acids is 2. The first-order valence-corrected chi connectivity index (χ1v) is 12.5. The Morgan fingerprint density at radius 1 is 1.03 bits per heavy atom. The number of ether oxygens (including phenoxy) is 1. The molecule has 0 fully saturated rings. The third-order valence-corrected chi connectivity index (χ3v) is 6.40. The minimum absolute atomic E-state index is 0.0426. The van der Waals surface area contributed by atoms with Gasteiger partial charge in [-0.2, -0.15) is 0 Å². The second kappa shape index (κ2) is 13.3. The minimum atomic E-state index is -0.857. The maximum absolute atomic E-state index is 14.1. The van der Waals surface area contributed by atoms with E-state index >= 15 is 0 Å². The summed E-state index contributed by atoms with van der Waals surface area (Å²) in [5.74, 6) is -1.39. The standard InChI is InChI=1S/C28H29Cl2FN2O3/c1-3-19(2)32-28(35)25(15-20-9-5-4-6-10-20)33(17-21-13-14-22(29)16-23(21)30)27(34)18-36-26-12-8-7-11-24(26)31/h4-14,16,19,25H,3,15,17-18H2,1-2H3,(H,32,35)/t19-,25-/m0/s1. The van der Waals surface area contributed by atoms with E-state index in [2.05, 4.69) is 5.32 Å². The van der Waals surface area contributed by atoms with Crippen molar-refractivity contribution in [1.29, 1.82) is 0 Å². The molecule has 3 rings (SSSR count). The molecule has 0 unspecified atom stereocenters. The number of amides is 2. The summed E-state index contributed by atoms with van der Waals surface area (Å²) < 4.78 is 19.6. The molecule has 0 saturated carbocycles. The third-order valence-electron chi connectivity index (χ3n) is 5.82. The number of nitrogens with one attached hydrogen (secondary N) is 1. The van der Waals surface area contributed by atoms with Crippen LogP contribution >= 0.6 is 23.2 Å². The van der Waals surface area contributed by atoms with Crippen LogP contribution in [0.4, 0.5) is 4.39 Å². The van der Waals surface area contributed by atoms with Crippen molar-refractivity contribution < 1.29 is 18.7 Å². The average Bonchev–Trinajstić information content (AvgIpc) is 2.87. The molecule has 3 aromatic rings. The first kappa shape index (κ1) is 27.5. The van der Waals surface area contributed by atoms with E-state index in [-0.39, 0.29) is 30.7 Å². The Labute approximate surface area is 221 Å². The Hall–Kier alpha value is -3.09. The fourth-order valence-corrected chi connectivity index (χ4v) is 4.08. The highest BCUT2D eigenvalue weighted by molar-refractivity contribution is 6.35. The van der Waals surface area contributed by atoms with Crippen molar-refractivity contribution in [2.24, 2.45) is 0 Å². The van der Waals surface area contributed by atoms with Crippen LogP contribution in [0.2, 0.25) is 10.0 Å². The van der Waals surface area contributed by atoms with Crippen LogP contribution in [0.5, 0.6) is 5.75 Å². The highest BCUT2D eigenvalue weighted by Gasteiger charge is 2.31. The SMILES string of the molecule is CC[C@H](C)NC(=O)[C@H](Cc1ccccc1)N(Cc1ccc(Cl)cc1Cl)C(=O)COc1ccccc1F. The lowest BCUT2D eigenvalue weighted by atomic mass is 10.0. The predicted octanol–water partition coefficient (Wildman–Crippen LogP) is 6.07. The molecule has 36 heavy (non-hydrogen) atoms. The predicted molar refractivity (Wildman–Crippen MR) is 141 cm³/mol. The van der Waals surface area contributed by atoms with E-state index < -0.39 is 24.4 Å². The van der Waals surface area contributed by atoms with Crippen LogP contribution in [0.15, 0.2) is 72.8 Å². The number of hydrogen-bond donors (Lipinski definition) is 1. The van der Waals surface area contributed by atoms with E-state index in [4.69, 9.17) is 27.9 Å². The van der Waals surface area contributed by atoms with Crippen molar-refractivity contribution in [3.8, 4) is 5.75 Å². The molecule has 0 heterocycles. The summed E-state index contributed by atoms with van der Waals surface area (Å²) >= 11 is 12.5. The van der Waals surface area contributed by atoms with Gasteiger partial charge in [0, 0.05) is 29.1 Å². The Morgan fingerprint density at radius 2 is 1.72 bits per heavy atom. The highest BCUT2D eigenvalue weighted by atomic mass is 35.5. The molecule has 0 saturated heterocycles. The number of carbonyl (C=O) groups is 2. The first-order valence-electron chi connectivity index (χ1n) is 11.7. The number of nitrogens with zero attached hydrogens (tertiary/aromatic N) is 1. The molecule has 5 nitrogen and oxygen atoms in total. The van der Waals surface area contributed by atoms with Crippen molar-refractivity contribution in [3.63, 3.8) is 0 Å². The zero-order chi connectivity index (χ0) is 26.1. The largest absolute Gasteiger partial charge is 0.481 e. The van der Waals surface area contributed by atoms with Gasteiger partial charge in [-0.1, -0.05) is 78.7 Å². The summed E-state index contributed by atoms with van der Waals surface area (Å²) in [5.41, 5.74) is 1.51. The number of halogens is 3. The van der Waals surface area contributed by atoms with Gasteiger partial charge >= 0.3 is 0 Å².